The zero-order valence-corrected chi connectivity index (χ0v) is 12.5. The van der Waals surface area contributed by atoms with Gasteiger partial charge in [-0.2, -0.15) is 0 Å². The third-order valence-corrected chi connectivity index (χ3v) is 2.97. The number of anilines is 1. The summed E-state index contributed by atoms with van der Waals surface area (Å²) >= 11 is 0. The van der Waals surface area contributed by atoms with Gasteiger partial charge in [0.15, 0.2) is 0 Å². The van der Waals surface area contributed by atoms with Crippen molar-refractivity contribution in [3.8, 4) is 0 Å². The topological polar surface area (TPSA) is 64.6 Å². The molecule has 5 heteroatoms. The van der Waals surface area contributed by atoms with E-state index in [0.717, 1.165) is 30.6 Å². The molecule has 0 bridgehead atoms. The summed E-state index contributed by atoms with van der Waals surface area (Å²) in [6.07, 6.45) is 1.54. The number of urea groups is 1. The van der Waals surface area contributed by atoms with Crippen molar-refractivity contribution in [3.63, 3.8) is 0 Å². The number of hydrogen-bond donors (Lipinski definition) is 3. The van der Waals surface area contributed by atoms with Crippen LogP contribution in [0.3, 0.4) is 0 Å². The summed E-state index contributed by atoms with van der Waals surface area (Å²) in [4.78, 5) is 13.8. The van der Waals surface area contributed by atoms with Crippen LogP contribution in [0.4, 0.5) is 10.5 Å². The molecular formula is C15H25N3O2. The molecule has 0 aromatic heterocycles. The van der Waals surface area contributed by atoms with Crippen molar-refractivity contribution in [1.29, 1.82) is 0 Å². The van der Waals surface area contributed by atoms with Gasteiger partial charge in [0.25, 0.3) is 0 Å². The van der Waals surface area contributed by atoms with E-state index in [2.05, 4.69) is 15.5 Å². The van der Waals surface area contributed by atoms with E-state index < -0.39 is 6.10 Å². The average Bonchev–Trinajstić information content (AvgIpc) is 2.38. The van der Waals surface area contributed by atoms with Gasteiger partial charge in [-0.1, -0.05) is 12.1 Å². The molecule has 3 N–H and O–H groups in total. The minimum atomic E-state index is -0.491. The van der Waals surface area contributed by atoms with Crippen LogP contribution >= 0.6 is 0 Å². The predicted molar refractivity (Wildman–Crippen MR) is 81.9 cm³/mol. The normalized spacial score (nSPS) is 12.2. The lowest BCUT2D eigenvalue weighted by Gasteiger charge is -2.11. The van der Waals surface area contributed by atoms with E-state index in [1.807, 2.05) is 14.1 Å². The monoisotopic (exact) mass is 279 g/mol. The lowest BCUT2D eigenvalue weighted by Crippen LogP contribution is -2.29. The Hall–Kier alpha value is -1.59. The van der Waals surface area contributed by atoms with Gasteiger partial charge < -0.3 is 20.6 Å². The molecular weight excluding hydrogens is 254 g/mol. The third kappa shape index (κ3) is 6.54. The van der Waals surface area contributed by atoms with Crippen molar-refractivity contribution in [2.45, 2.75) is 25.9 Å². The largest absolute Gasteiger partial charge is 0.389 e. The first-order valence-corrected chi connectivity index (χ1v) is 6.96. The zero-order valence-electron chi connectivity index (χ0n) is 12.5. The molecule has 0 saturated carbocycles. The summed E-state index contributed by atoms with van der Waals surface area (Å²) < 4.78 is 0. The Balaban J connectivity index is 2.25. The number of amides is 2. The van der Waals surface area contributed by atoms with Crippen LogP contribution in [-0.4, -0.2) is 43.2 Å². The molecule has 0 aliphatic heterocycles. The Morgan fingerprint density at radius 3 is 2.45 bits per heavy atom. The molecule has 1 atom stereocenters. The second-order valence-electron chi connectivity index (χ2n) is 5.19. The van der Waals surface area contributed by atoms with Crippen molar-refractivity contribution < 1.29 is 9.90 Å². The van der Waals surface area contributed by atoms with E-state index in [1.165, 1.54) is 0 Å². The van der Waals surface area contributed by atoms with E-state index in [4.69, 9.17) is 0 Å². The van der Waals surface area contributed by atoms with Crippen LogP contribution in [0, 0.1) is 0 Å². The van der Waals surface area contributed by atoms with Crippen molar-refractivity contribution >= 4 is 11.7 Å². The first-order chi connectivity index (χ1) is 9.49. The van der Waals surface area contributed by atoms with Gasteiger partial charge in [-0.05, 0) is 58.1 Å². The van der Waals surface area contributed by atoms with E-state index >= 15 is 0 Å². The van der Waals surface area contributed by atoms with Gasteiger partial charge in [-0.15, -0.1) is 0 Å². The highest BCUT2D eigenvalue weighted by atomic mass is 16.3. The van der Waals surface area contributed by atoms with E-state index in [1.54, 1.807) is 31.2 Å². The van der Waals surface area contributed by atoms with Crippen molar-refractivity contribution in [2.75, 3.05) is 32.5 Å². The summed E-state index contributed by atoms with van der Waals surface area (Å²) in [7, 11) is 4.08. The van der Waals surface area contributed by atoms with Gasteiger partial charge in [0, 0.05) is 12.2 Å². The highest BCUT2D eigenvalue weighted by molar-refractivity contribution is 5.89. The SMILES string of the molecule is CC(O)c1ccc(NC(=O)NCCCCN(C)C)cc1. The van der Waals surface area contributed by atoms with E-state index in [9.17, 15) is 9.90 Å². The maximum atomic E-state index is 11.6. The molecule has 1 rings (SSSR count). The van der Waals surface area contributed by atoms with Crippen molar-refractivity contribution in [1.82, 2.24) is 10.2 Å². The van der Waals surface area contributed by atoms with Gasteiger partial charge in [0.05, 0.1) is 6.10 Å². The summed E-state index contributed by atoms with van der Waals surface area (Å²) in [6, 6.07) is 6.98. The van der Waals surface area contributed by atoms with Gasteiger partial charge >= 0.3 is 6.03 Å². The second-order valence-corrected chi connectivity index (χ2v) is 5.19. The maximum absolute atomic E-state index is 11.6. The molecule has 0 radical (unpaired) electrons. The van der Waals surface area contributed by atoms with E-state index in [0.29, 0.717) is 6.54 Å². The molecule has 1 aromatic rings. The molecule has 20 heavy (non-hydrogen) atoms. The number of hydrogen-bond acceptors (Lipinski definition) is 3. The van der Waals surface area contributed by atoms with Crippen molar-refractivity contribution in [2.24, 2.45) is 0 Å². The number of benzene rings is 1. The Bertz CT molecular complexity index is 402. The standard InChI is InChI=1S/C15H25N3O2/c1-12(19)13-6-8-14(9-7-13)17-15(20)16-10-4-5-11-18(2)3/h6-9,12,19H,4-5,10-11H2,1-3H3,(H2,16,17,20). The second kappa shape index (κ2) is 8.55. The summed E-state index contributed by atoms with van der Waals surface area (Å²) in [5.41, 5.74) is 1.56. The Kier molecular flexibility index (Phi) is 7.04. The molecule has 0 aliphatic carbocycles. The van der Waals surface area contributed by atoms with Crippen LogP contribution in [0.5, 0.6) is 0 Å². The fourth-order valence-corrected chi connectivity index (χ4v) is 1.78. The summed E-state index contributed by atoms with van der Waals surface area (Å²) in [5.74, 6) is 0. The lowest BCUT2D eigenvalue weighted by atomic mass is 10.1. The molecule has 5 nitrogen and oxygen atoms in total. The molecule has 1 unspecified atom stereocenters. The summed E-state index contributed by atoms with van der Waals surface area (Å²) in [5, 5.41) is 15.0. The Labute approximate surface area is 121 Å². The van der Waals surface area contributed by atoms with Crippen LogP contribution in [0.25, 0.3) is 0 Å². The highest BCUT2D eigenvalue weighted by Crippen LogP contribution is 2.15. The number of rotatable bonds is 7. The van der Waals surface area contributed by atoms with Gasteiger partial charge in [-0.3, -0.25) is 0 Å². The number of carbonyl (C=O) groups excluding carboxylic acids is 1. The minimum Gasteiger partial charge on any atom is -0.389 e. The number of aliphatic hydroxyl groups excluding tert-OH is 1. The molecule has 2 amide bonds. The Morgan fingerprint density at radius 1 is 1.25 bits per heavy atom. The molecule has 112 valence electrons. The molecule has 1 aromatic carbocycles. The minimum absolute atomic E-state index is 0.195. The van der Waals surface area contributed by atoms with E-state index in [-0.39, 0.29) is 6.03 Å². The zero-order chi connectivity index (χ0) is 15.0. The number of nitrogens with one attached hydrogen (secondary N) is 2. The van der Waals surface area contributed by atoms with Crippen LogP contribution in [-0.2, 0) is 0 Å². The van der Waals surface area contributed by atoms with Crippen LogP contribution < -0.4 is 10.6 Å². The maximum Gasteiger partial charge on any atom is 0.319 e. The molecule has 0 heterocycles. The molecule has 0 fully saturated rings. The predicted octanol–water partition coefficient (Wildman–Crippen LogP) is 2.20. The number of aliphatic hydroxyl groups is 1. The quantitative estimate of drug-likeness (QED) is 0.670. The highest BCUT2D eigenvalue weighted by Gasteiger charge is 2.03. The van der Waals surface area contributed by atoms with Crippen LogP contribution in [0.2, 0.25) is 0 Å². The molecule has 0 spiro atoms. The first kappa shape index (κ1) is 16.5. The summed E-state index contributed by atoms with van der Waals surface area (Å²) in [6.45, 7) is 3.42. The smallest absolute Gasteiger partial charge is 0.319 e. The van der Waals surface area contributed by atoms with Gasteiger partial charge in [0.2, 0.25) is 0 Å². The first-order valence-electron chi connectivity index (χ1n) is 6.96. The number of unbranched alkanes of at least 4 members (excludes halogenated alkanes) is 1. The lowest BCUT2D eigenvalue weighted by molar-refractivity contribution is 0.199. The van der Waals surface area contributed by atoms with Crippen LogP contribution in [0.1, 0.15) is 31.4 Å². The average molecular weight is 279 g/mol. The number of carbonyl (C=O) groups is 1. The van der Waals surface area contributed by atoms with Gasteiger partial charge in [-0.25, -0.2) is 4.79 Å². The van der Waals surface area contributed by atoms with Gasteiger partial charge in [0.1, 0.15) is 0 Å². The fraction of sp³-hybridized carbons (Fsp3) is 0.533. The fourth-order valence-electron chi connectivity index (χ4n) is 1.78. The third-order valence-electron chi connectivity index (χ3n) is 2.97. The number of nitrogens with zero attached hydrogens (tertiary/aromatic N) is 1. The molecule has 0 saturated heterocycles. The van der Waals surface area contributed by atoms with Crippen molar-refractivity contribution in [3.05, 3.63) is 29.8 Å². The van der Waals surface area contributed by atoms with Crippen LogP contribution in [0.15, 0.2) is 24.3 Å². The Morgan fingerprint density at radius 2 is 1.90 bits per heavy atom. The molecule has 0 aliphatic rings.